The summed E-state index contributed by atoms with van der Waals surface area (Å²) >= 11 is 0. The highest BCUT2D eigenvalue weighted by atomic mass is 16.5. The summed E-state index contributed by atoms with van der Waals surface area (Å²) in [6.45, 7) is 6.31. The monoisotopic (exact) mass is 403 g/mol. The molecule has 7 nitrogen and oxygen atoms in total. The molecule has 5 rings (SSSR count). The van der Waals surface area contributed by atoms with Gasteiger partial charge < -0.3 is 15.2 Å². The van der Waals surface area contributed by atoms with Gasteiger partial charge >= 0.3 is 0 Å². The van der Waals surface area contributed by atoms with E-state index in [0.29, 0.717) is 23.2 Å². The van der Waals surface area contributed by atoms with Gasteiger partial charge in [-0.25, -0.2) is 4.68 Å². The minimum Gasteiger partial charge on any atom is -0.507 e. The molecule has 0 saturated carbocycles. The summed E-state index contributed by atoms with van der Waals surface area (Å²) in [5.41, 5.74) is 4.30. The summed E-state index contributed by atoms with van der Waals surface area (Å²) < 4.78 is 7.86. The molecule has 2 bridgehead atoms. The molecule has 30 heavy (non-hydrogen) atoms. The molecule has 1 fully saturated rings. The van der Waals surface area contributed by atoms with Crippen molar-refractivity contribution in [2.75, 3.05) is 0 Å². The molecule has 3 atom stereocenters. The third kappa shape index (κ3) is 3.45. The van der Waals surface area contributed by atoms with Crippen LogP contribution < -0.4 is 10.1 Å². The topological polar surface area (TPSA) is 85.1 Å². The fourth-order valence-electron chi connectivity index (χ4n) is 4.56. The number of hydrogen-bond acceptors (Lipinski definition) is 6. The fraction of sp³-hybridized carbons (Fsp3) is 0.348. The Morgan fingerprint density at radius 3 is 2.70 bits per heavy atom. The van der Waals surface area contributed by atoms with Crippen LogP contribution in [0.4, 0.5) is 0 Å². The van der Waals surface area contributed by atoms with E-state index in [-0.39, 0.29) is 17.4 Å². The zero-order valence-corrected chi connectivity index (χ0v) is 17.3. The molecule has 7 heteroatoms. The molecular formula is C23H25N5O2. The van der Waals surface area contributed by atoms with E-state index in [1.54, 1.807) is 10.7 Å². The van der Waals surface area contributed by atoms with E-state index in [1.165, 1.54) is 5.57 Å². The quantitative estimate of drug-likeness (QED) is 0.648. The highest BCUT2D eigenvalue weighted by Crippen LogP contribution is 2.36. The maximum atomic E-state index is 10.5. The Labute approximate surface area is 175 Å². The van der Waals surface area contributed by atoms with Gasteiger partial charge in [-0.1, -0.05) is 11.6 Å². The second-order valence-electron chi connectivity index (χ2n) is 8.54. The Bertz CT molecular complexity index is 1120. The number of phenolic OH excluding ortho intramolecular Hbond substituents is 1. The number of piperidine rings is 1. The number of fused-ring (bicyclic) bond motifs is 2. The van der Waals surface area contributed by atoms with E-state index in [4.69, 9.17) is 4.74 Å². The number of nitrogens with zero attached hydrogens (tertiary/aromatic N) is 4. The van der Waals surface area contributed by atoms with Gasteiger partial charge in [0.2, 0.25) is 5.88 Å². The summed E-state index contributed by atoms with van der Waals surface area (Å²) in [6.07, 6.45) is 6.10. The number of hydrogen-bond donors (Lipinski definition) is 2. The molecule has 2 aliphatic rings. The lowest BCUT2D eigenvalue weighted by molar-refractivity contribution is 0.109. The van der Waals surface area contributed by atoms with E-state index in [9.17, 15) is 5.11 Å². The van der Waals surface area contributed by atoms with Crippen LogP contribution in [0.25, 0.3) is 16.9 Å². The second kappa shape index (κ2) is 6.95. The van der Waals surface area contributed by atoms with Gasteiger partial charge in [0, 0.05) is 48.3 Å². The molecule has 154 valence electrons. The van der Waals surface area contributed by atoms with Crippen LogP contribution in [-0.4, -0.2) is 42.8 Å². The maximum Gasteiger partial charge on any atom is 0.233 e. The standard InChI is InChI=1S/C23H25N5O2/c1-14-12-23(3)13-17(11-20(14)24-23)30-22-7-6-19(25-26-22)18-5-4-16(10-21(18)29)28-9-8-15(2)27-28/h4-10,12,17,20,24,29H,11,13H2,1-3H3. The van der Waals surface area contributed by atoms with E-state index in [0.717, 1.165) is 24.2 Å². The Kier molecular flexibility index (Phi) is 4.36. The summed E-state index contributed by atoms with van der Waals surface area (Å²) in [6, 6.07) is 11.3. The van der Waals surface area contributed by atoms with E-state index >= 15 is 0 Å². The Hall–Kier alpha value is -3.19. The van der Waals surface area contributed by atoms with Gasteiger partial charge in [0.1, 0.15) is 11.9 Å². The molecule has 2 aromatic heterocycles. The number of nitrogens with one attached hydrogen (secondary N) is 1. The maximum absolute atomic E-state index is 10.5. The molecule has 3 unspecified atom stereocenters. The predicted molar refractivity (Wildman–Crippen MR) is 114 cm³/mol. The first-order chi connectivity index (χ1) is 14.4. The van der Waals surface area contributed by atoms with Crippen molar-refractivity contribution in [1.29, 1.82) is 0 Å². The first-order valence-corrected chi connectivity index (χ1v) is 10.2. The molecule has 3 aromatic rings. The van der Waals surface area contributed by atoms with Crippen LogP contribution in [0.2, 0.25) is 0 Å². The third-order valence-electron chi connectivity index (χ3n) is 5.92. The van der Waals surface area contributed by atoms with Crippen LogP contribution in [0.5, 0.6) is 11.6 Å². The van der Waals surface area contributed by atoms with E-state index in [1.807, 2.05) is 43.5 Å². The highest BCUT2D eigenvalue weighted by Gasteiger charge is 2.41. The molecule has 2 aliphatic heterocycles. The van der Waals surface area contributed by atoms with Crippen molar-refractivity contribution in [2.45, 2.75) is 51.3 Å². The Morgan fingerprint density at radius 1 is 1.17 bits per heavy atom. The van der Waals surface area contributed by atoms with Crippen molar-refractivity contribution in [1.82, 2.24) is 25.3 Å². The molecule has 1 saturated heterocycles. The van der Waals surface area contributed by atoms with Crippen LogP contribution in [0.3, 0.4) is 0 Å². The number of benzene rings is 1. The average Bonchev–Trinajstić information content (AvgIpc) is 3.22. The molecule has 0 amide bonds. The van der Waals surface area contributed by atoms with Crippen molar-refractivity contribution < 1.29 is 9.84 Å². The van der Waals surface area contributed by atoms with Gasteiger partial charge in [-0.2, -0.15) is 5.10 Å². The first-order valence-electron chi connectivity index (χ1n) is 10.2. The van der Waals surface area contributed by atoms with Gasteiger partial charge in [0.15, 0.2) is 0 Å². The normalized spacial score (nSPS) is 25.2. The van der Waals surface area contributed by atoms with Crippen LogP contribution in [0, 0.1) is 6.92 Å². The van der Waals surface area contributed by atoms with Gasteiger partial charge in [-0.05, 0) is 45.0 Å². The minimum atomic E-state index is -0.00825. The Balaban J connectivity index is 1.31. The van der Waals surface area contributed by atoms with Crippen LogP contribution >= 0.6 is 0 Å². The Morgan fingerprint density at radius 2 is 2.03 bits per heavy atom. The van der Waals surface area contributed by atoms with Gasteiger partial charge in [-0.3, -0.25) is 0 Å². The molecule has 2 N–H and O–H groups in total. The number of rotatable bonds is 4. The molecule has 0 radical (unpaired) electrons. The van der Waals surface area contributed by atoms with Crippen molar-refractivity contribution in [3.05, 3.63) is 59.9 Å². The predicted octanol–water partition coefficient (Wildman–Crippen LogP) is 3.56. The van der Waals surface area contributed by atoms with Crippen molar-refractivity contribution in [3.63, 3.8) is 0 Å². The number of phenols is 1. The average molecular weight is 403 g/mol. The SMILES string of the molecule is CC1=CC2(C)CC(Oc3ccc(-c4ccc(-n5ccc(C)n5)cc4O)nn3)CC1N2. The van der Waals surface area contributed by atoms with Crippen LogP contribution in [-0.2, 0) is 0 Å². The second-order valence-corrected chi connectivity index (χ2v) is 8.54. The fourth-order valence-corrected chi connectivity index (χ4v) is 4.56. The minimum absolute atomic E-state index is 0.00825. The lowest BCUT2D eigenvalue weighted by atomic mass is 9.91. The summed E-state index contributed by atoms with van der Waals surface area (Å²) in [5, 5.41) is 27.1. The molecule has 4 heterocycles. The molecular weight excluding hydrogens is 378 g/mol. The molecule has 1 aromatic carbocycles. The number of aryl methyl sites for hydroxylation is 1. The van der Waals surface area contributed by atoms with Gasteiger partial charge in [-0.15, -0.1) is 10.2 Å². The zero-order valence-electron chi connectivity index (χ0n) is 17.3. The van der Waals surface area contributed by atoms with Crippen LogP contribution in [0.15, 0.2) is 54.2 Å². The number of aromatic nitrogens is 4. The van der Waals surface area contributed by atoms with Crippen LogP contribution in [0.1, 0.15) is 32.4 Å². The summed E-state index contributed by atoms with van der Waals surface area (Å²) in [7, 11) is 0. The number of aromatic hydroxyl groups is 1. The van der Waals surface area contributed by atoms with E-state index in [2.05, 4.69) is 40.5 Å². The molecule has 0 aliphatic carbocycles. The van der Waals surface area contributed by atoms with Crippen molar-refractivity contribution in [3.8, 4) is 28.6 Å². The smallest absolute Gasteiger partial charge is 0.233 e. The van der Waals surface area contributed by atoms with Gasteiger partial charge in [0.25, 0.3) is 0 Å². The summed E-state index contributed by atoms with van der Waals surface area (Å²) in [4.78, 5) is 0. The largest absolute Gasteiger partial charge is 0.507 e. The van der Waals surface area contributed by atoms with Crippen molar-refractivity contribution in [2.24, 2.45) is 0 Å². The first kappa shape index (κ1) is 18.8. The van der Waals surface area contributed by atoms with E-state index < -0.39 is 0 Å². The summed E-state index contributed by atoms with van der Waals surface area (Å²) in [5.74, 6) is 0.641. The van der Waals surface area contributed by atoms with Crippen molar-refractivity contribution >= 4 is 0 Å². The van der Waals surface area contributed by atoms with Gasteiger partial charge in [0.05, 0.1) is 17.1 Å². The third-order valence-corrected chi connectivity index (χ3v) is 5.92. The highest BCUT2D eigenvalue weighted by molar-refractivity contribution is 5.68. The number of ether oxygens (including phenoxy) is 1. The lowest BCUT2D eigenvalue weighted by Gasteiger charge is -2.36. The zero-order chi connectivity index (χ0) is 20.9. The lowest BCUT2D eigenvalue weighted by Crippen LogP contribution is -2.51. The molecule has 0 spiro atoms.